The van der Waals surface area contributed by atoms with Crippen LogP contribution in [0.5, 0.6) is 0 Å². The largest absolute Gasteiger partial charge is 0.475 e. The summed E-state index contributed by atoms with van der Waals surface area (Å²) in [5, 5.41) is 9.84. The predicted octanol–water partition coefficient (Wildman–Crippen LogP) is 3.43. The quantitative estimate of drug-likeness (QED) is 0.795. The highest BCUT2D eigenvalue weighted by atomic mass is 19.1. The fourth-order valence-corrected chi connectivity index (χ4v) is 2.26. The van der Waals surface area contributed by atoms with E-state index in [4.69, 9.17) is 9.52 Å². The second-order valence-electron chi connectivity index (χ2n) is 4.64. The average molecular weight is 273 g/mol. The van der Waals surface area contributed by atoms with E-state index in [1.54, 1.807) is 13.0 Å². The van der Waals surface area contributed by atoms with Crippen molar-refractivity contribution < 1.29 is 18.7 Å². The number of carboxylic acid groups (broad SMARTS) is 1. The molecular weight excluding hydrogens is 261 g/mol. The number of furan rings is 1. The number of hydrogen-bond acceptors (Lipinski definition) is 2. The highest BCUT2D eigenvalue weighted by molar-refractivity contribution is 5.84. The molecule has 0 saturated carbocycles. The Bertz CT molecular complexity index is 801. The van der Waals surface area contributed by atoms with Crippen LogP contribution in [0.4, 0.5) is 4.39 Å². The monoisotopic (exact) mass is 273 g/mol. The summed E-state index contributed by atoms with van der Waals surface area (Å²) in [6, 6.07) is 7.98. The molecule has 2 aromatic heterocycles. The van der Waals surface area contributed by atoms with Crippen molar-refractivity contribution in [1.82, 2.24) is 4.57 Å². The molecule has 3 aromatic rings. The number of carboxylic acids is 1. The van der Waals surface area contributed by atoms with Gasteiger partial charge in [0.05, 0.1) is 12.1 Å². The first-order valence-corrected chi connectivity index (χ1v) is 6.11. The van der Waals surface area contributed by atoms with E-state index in [1.165, 1.54) is 18.2 Å². The second-order valence-corrected chi connectivity index (χ2v) is 4.64. The van der Waals surface area contributed by atoms with Crippen LogP contribution in [0.15, 0.2) is 40.9 Å². The van der Waals surface area contributed by atoms with Crippen LogP contribution < -0.4 is 0 Å². The molecule has 0 atom stereocenters. The molecule has 4 nitrogen and oxygen atoms in total. The summed E-state index contributed by atoms with van der Waals surface area (Å²) in [5.74, 6) is -0.920. The lowest BCUT2D eigenvalue weighted by molar-refractivity contribution is 0.0661. The Morgan fingerprint density at radius 1 is 1.35 bits per heavy atom. The van der Waals surface area contributed by atoms with Crippen LogP contribution >= 0.6 is 0 Å². The summed E-state index contributed by atoms with van der Waals surface area (Å²) in [5.41, 5.74) is 1.53. The zero-order valence-corrected chi connectivity index (χ0v) is 10.8. The average Bonchev–Trinajstić information content (AvgIpc) is 2.95. The summed E-state index contributed by atoms with van der Waals surface area (Å²) in [4.78, 5) is 10.9. The van der Waals surface area contributed by atoms with E-state index in [0.29, 0.717) is 12.3 Å². The molecule has 0 aliphatic heterocycles. The molecule has 0 bridgehead atoms. The van der Waals surface area contributed by atoms with Crippen molar-refractivity contribution in [2.45, 2.75) is 13.5 Å². The maximum Gasteiger partial charge on any atom is 0.371 e. The van der Waals surface area contributed by atoms with Crippen molar-refractivity contribution in [3.05, 3.63) is 59.4 Å². The molecule has 0 aliphatic rings. The van der Waals surface area contributed by atoms with E-state index in [9.17, 15) is 9.18 Å². The number of benzene rings is 1. The van der Waals surface area contributed by atoms with Crippen LogP contribution in [0.2, 0.25) is 0 Å². The Balaban J connectivity index is 2.01. The number of nitrogens with zero attached hydrogens (tertiary/aromatic N) is 1. The molecule has 102 valence electrons. The van der Waals surface area contributed by atoms with Gasteiger partial charge in [0.2, 0.25) is 5.76 Å². The minimum absolute atomic E-state index is 0.0832. The van der Waals surface area contributed by atoms with Gasteiger partial charge in [-0.1, -0.05) is 0 Å². The van der Waals surface area contributed by atoms with Gasteiger partial charge >= 0.3 is 5.97 Å². The zero-order chi connectivity index (χ0) is 14.3. The highest BCUT2D eigenvalue weighted by Gasteiger charge is 2.14. The van der Waals surface area contributed by atoms with Gasteiger partial charge < -0.3 is 14.1 Å². The molecule has 5 heteroatoms. The smallest absolute Gasteiger partial charge is 0.371 e. The first-order chi connectivity index (χ1) is 9.54. The van der Waals surface area contributed by atoms with Crippen LogP contribution in [0, 0.1) is 12.7 Å². The Morgan fingerprint density at radius 2 is 2.15 bits per heavy atom. The topological polar surface area (TPSA) is 55.4 Å². The Labute approximate surface area is 114 Å². The number of aromatic nitrogens is 1. The van der Waals surface area contributed by atoms with Crippen molar-refractivity contribution in [3.63, 3.8) is 0 Å². The van der Waals surface area contributed by atoms with Crippen molar-refractivity contribution in [2.24, 2.45) is 0 Å². The third-order valence-electron chi connectivity index (χ3n) is 3.31. The molecule has 0 aliphatic carbocycles. The molecule has 0 spiro atoms. The number of halogens is 1. The molecule has 2 heterocycles. The van der Waals surface area contributed by atoms with Gasteiger partial charge in [-0.05, 0) is 42.6 Å². The maximum absolute atomic E-state index is 13.3. The summed E-state index contributed by atoms with van der Waals surface area (Å²) < 4.78 is 20.3. The summed E-state index contributed by atoms with van der Waals surface area (Å²) >= 11 is 0. The number of aromatic carboxylic acids is 1. The van der Waals surface area contributed by atoms with Crippen LogP contribution in [-0.2, 0) is 6.54 Å². The molecule has 1 aromatic carbocycles. The van der Waals surface area contributed by atoms with Crippen LogP contribution in [0.25, 0.3) is 10.9 Å². The van der Waals surface area contributed by atoms with E-state index in [-0.39, 0.29) is 11.6 Å². The van der Waals surface area contributed by atoms with E-state index >= 15 is 0 Å². The van der Waals surface area contributed by atoms with E-state index < -0.39 is 5.97 Å². The molecule has 0 saturated heterocycles. The Kier molecular flexibility index (Phi) is 2.82. The predicted molar refractivity (Wildman–Crippen MR) is 71.4 cm³/mol. The molecule has 0 unspecified atom stereocenters. The standard InChI is InChI=1S/C15H12FNO3/c1-9-11(6-14(20-9)15(18)19)8-17-5-4-10-2-3-12(16)7-13(10)17/h2-7H,8H2,1H3,(H,18,19). The van der Waals surface area contributed by atoms with E-state index in [2.05, 4.69) is 0 Å². The van der Waals surface area contributed by atoms with Crippen LogP contribution in [0.1, 0.15) is 21.9 Å². The van der Waals surface area contributed by atoms with Gasteiger partial charge in [-0.3, -0.25) is 0 Å². The van der Waals surface area contributed by atoms with Gasteiger partial charge in [0.1, 0.15) is 11.6 Å². The van der Waals surface area contributed by atoms with Gasteiger partial charge in [-0.2, -0.15) is 0 Å². The number of hydrogen-bond donors (Lipinski definition) is 1. The minimum Gasteiger partial charge on any atom is -0.475 e. The van der Waals surface area contributed by atoms with Gasteiger partial charge in [0, 0.05) is 11.8 Å². The van der Waals surface area contributed by atoms with Gasteiger partial charge in [0.25, 0.3) is 0 Å². The summed E-state index contributed by atoms with van der Waals surface area (Å²) in [6.45, 7) is 2.16. The Hall–Kier alpha value is -2.56. The maximum atomic E-state index is 13.3. The van der Waals surface area contributed by atoms with Crippen molar-refractivity contribution in [3.8, 4) is 0 Å². The molecule has 20 heavy (non-hydrogen) atoms. The molecular formula is C15H12FNO3. The highest BCUT2D eigenvalue weighted by Crippen LogP contribution is 2.21. The minimum atomic E-state index is -1.09. The molecule has 0 radical (unpaired) electrons. The molecule has 1 N–H and O–H groups in total. The fourth-order valence-electron chi connectivity index (χ4n) is 2.26. The second kappa shape index (κ2) is 4.52. The lowest BCUT2D eigenvalue weighted by Gasteiger charge is -2.04. The number of carbonyl (C=O) groups is 1. The van der Waals surface area contributed by atoms with Crippen LogP contribution in [0.3, 0.4) is 0 Å². The number of rotatable bonds is 3. The SMILES string of the molecule is Cc1oc(C(=O)O)cc1Cn1ccc2ccc(F)cc21. The zero-order valence-electron chi connectivity index (χ0n) is 10.8. The lowest BCUT2D eigenvalue weighted by Crippen LogP contribution is -1.98. The number of aryl methyl sites for hydroxylation is 1. The lowest BCUT2D eigenvalue weighted by atomic mass is 10.2. The summed E-state index contributed by atoms with van der Waals surface area (Å²) in [7, 11) is 0. The van der Waals surface area contributed by atoms with E-state index in [0.717, 1.165) is 16.5 Å². The Morgan fingerprint density at radius 3 is 2.85 bits per heavy atom. The molecule has 0 fully saturated rings. The van der Waals surface area contributed by atoms with Gasteiger partial charge in [0.15, 0.2) is 0 Å². The van der Waals surface area contributed by atoms with Crippen molar-refractivity contribution in [2.75, 3.05) is 0 Å². The normalized spacial score (nSPS) is 11.1. The molecule has 3 rings (SSSR count). The number of fused-ring (bicyclic) bond motifs is 1. The van der Waals surface area contributed by atoms with Crippen molar-refractivity contribution >= 4 is 16.9 Å². The first-order valence-electron chi connectivity index (χ1n) is 6.11. The van der Waals surface area contributed by atoms with Gasteiger partial charge in [-0.15, -0.1) is 0 Å². The van der Waals surface area contributed by atoms with Crippen molar-refractivity contribution in [1.29, 1.82) is 0 Å². The third-order valence-corrected chi connectivity index (χ3v) is 3.31. The van der Waals surface area contributed by atoms with E-state index in [1.807, 2.05) is 16.8 Å². The molecule has 0 amide bonds. The fraction of sp³-hybridized carbons (Fsp3) is 0.133. The summed E-state index contributed by atoms with van der Waals surface area (Å²) in [6.07, 6.45) is 1.84. The van der Waals surface area contributed by atoms with Gasteiger partial charge in [-0.25, -0.2) is 9.18 Å². The first kappa shape index (κ1) is 12.5. The van der Waals surface area contributed by atoms with Crippen LogP contribution in [-0.4, -0.2) is 15.6 Å². The third kappa shape index (κ3) is 2.07.